The summed E-state index contributed by atoms with van der Waals surface area (Å²) >= 11 is 0. The first-order valence-corrected chi connectivity index (χ1v) is 13.2. The van der Waals surface area contributed by atoms with Gasteiger partial charge in [0.05, 0.1) is 25.1 Å². The number of piperidine rings is 1. The summed E-state index contributed by atoms with van der Waals surface area (Å²) in [4.78, 5) is 15.8. The summed E-state index contributed by atoms with van der Waals surface area (Å²) in [5.74, 6) is -1.37. The number of sulfonamides is 1. The monoisotopic (exact) mass is 522 g/mol. The number of carbonyl (C=O) groups is 1. The molecular formula is C22H30F4N4O4S. The second-order valence-electron chi connectivity index (χ2n) is 9.37. The first-order chi connectivity index (χ1) is 16.4. The van der Waals surface area contributed by atoms with Crippen LogP contribution in [0.25, 0.3) is 0 Å². The third-order valence-electron chi connectivity index (χ3n) is 6.95. The van der Waals surface area contributed by atoms with Gasteiger partial charge in [-0.3, -0.25) is 14.6 Å². The van der Waals surface area contributed by atoms with Gasteiger partial charge >= 0.3 is 6.18 Å². The van der Waals surface area contributed by atoms with Gasteiger partial charge < -0.3 is 10.1 Å². The molecule has 3 fully saturated rings. The van der Waals surface area contributed by atoms with Crippen LogP contribution >= 0.6 is 0 Å². The molecule has 3 aliphatic rings. The van der Waals surface area contributed by atoms with E-state index in [-0.39, 0.29) is 37.5 Å². The van der Waals surface area contributed by atoms with Crippen LogP contribution in [0.1, 0.15) is 25.3 Å². The van der Waals surface area contributed by atoms with E-state index in [9.17, 15) is 30.8 Å². The van der Waals surface area contributed by atoms with Crippen molar-refractivity contribution in [3.63, 3.8) is 0 Å². The Labute approximate surface area is 202 Å². The molecule has 1 aromatic carbocycles. The first kappa shape index (κ1) is 26.3. The van der Waals surface area contributed by atoms with E-state index in [0.717, 1.165) is 16.4 Å². The summed E-state index contributed by atoms with van der Waals surface area (Å²) in [7, 11) is -4.07. The number of nitrogens with one attached hydrogen (secondary N) is 1. The van der Waals surface area contributed by atoms with E-state index in [1.807, 2.05) is 6.92 Å². The van der Waals surface area contributed by atoms with Gasteiger partial charge in [-0.1, -0.05) is 12.1 Å². The zero-order valence-corrected chi connectivity index (χ0v) is 20.2. The van der Waals surface area contributed by atoms with E-state index < -0.39 is 46.5 Å². The summed E-state index contributed by atoms with van der Waals surface area (Å²) in [5.41, 5.74) is 0.291. The van der Waals surface area contributed by atoms with Crippen LogP contribution in [0.5, 0.6) is 0 Å². The van der Waals surface area contributed by atoms with Gasteiger partial charge in [0, 0.05) is 44.7 Å². The van der Waals surface area contributed by atoms with Crippen molar-refractivity contribution in [2.24, 2.45) is 0 Å². The quantitative estimate of drug-likeness (QED) is 0.591. The lowest BCUT2D eigenvalue weighted by Gasteiger charge is -2.49. The van der Waals surface area contributed by atoms with Gasteiger partial charge in [-0.15, -0.1) is 0 Å². The Bertz CT molecular complexity index is 1010. The van der Waals surface area contributed by atoms with Crippen molar-refractivity contribution in [1.29, 1.82) is 0 Å². The number of piperazine rings is 1. The molecule has 13 heteroatoms. The predicted octanol–water partition coefficient (Wildman–Crippen LogP) is 1.53. The summed E-state index contributed by atoms with van der Waals surface area (Å²) in [5, 5.41) is 2.70. The molecule has 3 heterocycles. The number of ether oxygens (including phenoxy) is 1. The maximum Gasteiger partial charge on any atom is 0.405 e. The molecule has 0 spiro atoms. The average molecular weight is 523 g/mol. The number of alkyl halides is 3. The lowest BCUT2D eigenvalue weighted by molar-refractivity contribution is -0.203. The van der Waals surface area contributed by atoms with Crippen molar-refractivity contribution < 1.29 is 35.5 Å². The lowest BCUT2D eigenvalue weighted by atomic mass is 9.97. The molecule has 3 saturated heterocycles. The number of hydrogen-bond acceptors (Lipinski definition) is 6. The van der Waals surface area contributed by atoms with Crippen LogP contribution in [-0.4, -0.2) is 98.3 Å². The van der Waals surface area contributed by atoms with Gasteiger partial charge in [0.15, 0.2) is 0 Å². The van der Waals surface area contributed by atoms with Crippen LogP contribution in [0.3, 0.4) is 0 Å². The highest BCUT2D eigenvalue weighted by atomic mass is 32.2. The fraction of sp³-hybridized carbons (Fsp3) is 0.682. The van der Waals surface area contributed by atoms with Crippen molar-refractivity contribution in [2.45, 2.75) is 56.0 Å². The van der Waals surface area contributed by atoms with Crippen LogP contribution in [0, 0.1) is 5.82 Å². The molecule has 4 rings (SSSR count). The molecule has 196 valence electrons. The van der Waals surface area contributed by atoms with E-state index in [1.165, 1.54) is 17.0 Å². The smallest absolute Gasteiger partial charge is 0.379 e. The van der Waals surface area contributed by atoms with Crippen LogP contribution in [-0.2, 0) is 25.3 Å². The molecule has 3 aliphatic heterocycles. The number of carbonyl (C=O) groups excluding carboxylic acids is 1. The Kier molecular flexibility index (Phi) is 7.72. The second kappa shape index (κ2) is 10.3. The van der Waals surface area contributed by atoms with Crippen molar-refractivity contribution >= 4 is 15.9 Å². The summed E-state index contributed by atoms with van der Waals surface area (Å²) in [6.45, 7) is 2.48. The normalized spacial score (nSPS) is 30.3. The minimum atomic E-state index is -4.70. The van der Waals surface area contributed by atoms with Gasteiger partial charge in [0.1, 0.15) is 11.9 Å². The second-order valence-corrected chi connectivity index (χ2v) is 11.3. The molecule has 0 radical (unpaired) electrons. The Morgan fingerprint density at radius 1 is 1.11 bits per heavy atom. The molecular weight excluding hydrogens is 492 g/mol. The van der Waals surface area contributed by atoms with E-state index in [0.29, 0.717) is 31.7 Å². The number of benzene rings is 1. The highest BCUT2D eigenvalue weighted by Crippen LogP contribution is 2.33. The third-order valence-corrected chi connectivity index (χ3v) is 8.77. The molecule has 0 aromatic heterocycles. The number of nitrogens with zero attached hydrogens (tertiary/aromatic N) is 3. The van der Waals surface area contributed by atoms with Crippen molar-refractivity contribution in [3.05, 3.63) is 35.6 Å². The molecule has 1 aromatic rings. The molecule has 0 aliphatic carbocycles. The van der Waals surface area contributed by atoms with Crippen molar-refractivity contribution in [3.8, 4) is 0 Å². The molecule has 1 amide bonds. The van der Waals surface area contributed by atoms with Gasteiger partial charge in [0.25, 0.3) is 0 Å². The minimum absolute atomic E-state index is 0.0483. The fourth-order valence-corrected chi connectivity index (χ4v) is 6.71. The number of rotatable bonds is 5. The van der Waals surface area contributed by atoms with Crippen molar-refractivity contribution in [2.75, 3.05) is 39.4 Å². The van der Waals surface area contributed by atoms with Crippen molar-refractivity contribution in [1.82, 2.24) is 19.4 Å². The highest BCUT2D eigenvalue weighted by molar-refractivity contribution is 7.88. The van der Waals surface area contributed by atoms with Gasteiger partial charge in [-0.2, -0.15) is 17.5 Å². The number of hydrogen-bond donors (Lipinski definition) is 1. The molecule has 0 bridgehead atoms. The molecule has 1 N–H and O–H groups in total. The topological polar surface area (TPSA) is 82.2 Å². The zero-order chi connectivity index (χ0) is 25.4. The van der Waals surface area contributed by atoms with Gasteiger partial charge in [-0.25, -0.2) is 12.8 Å². The maximum atomic E-state index is 14.1. The van der Waals surface area contributed by atoms with Crippen LogP contribution < -0.4 is 5.32 Å². The lowest BCUT2D eigenvalue weighted by Crippen LogP contribution is -2.68. The zero-order valence-electron chi connectivity index (χ0n) is 19.4. The van der Waals surface area contributed by atoms with Crippen LogP contribution in [0.15, 0.2) is 24.3 Å². The van der Waals surface area contributed by atoms with Gasteiger partial charge in [-0.05, 0) is 31.0 Å². The summed E-state index contributed by atoms with van der Waals surface area (Å²) in [6.07, 6.45) is -5.05. The molecule has 4 atom stereocenters. The number of amides is 1. The minimum Gasteiger partial charge on any atom is -0.379 e. The Morgan fingerprint density at radius 2 is 1.83 bits per heavy atom. The van der Waals surface area contributed by atoms with Crippen LogP contribution in [0.4, 0.5) is 17.6 Å². The standard InChI is InChI=1S/C22H30F4N4O4S/c1-15-13-34-9-8-29(15)18-10-20(27-21(31)11-18)30-7-6-28(12-19(30)22(24,25)26)35(32,33)14-16-2-4-17(23)5-3-16/h2-5,15,18-20H,6-14H2,1H3,(H,27,31)/t15-,18?,19?,20?/m1/s1. The Balaban J connectivity index is 1.50. The third kappa shape index (κ3) is 6.13. The van der Waals surface area contributed by atoms with E-state index in [2.05, 4.69) is 10.2 Å². The average Bonchev–Trinajstić information content (AvgIpc) is 2.79. The summed E-state index contributed by atoms with van der Waals surface area (Å²) < 4.78 is 87.7. The SMILES string of the molecule is C[C@@H]1COCCN1C1CC(=O)NC(N2CCN(S(=O)(=O)Cc3ccc(F)cc3)CC2C(F)(F)F)C1. The largest absolute Gasteiger partial charge is 0.405 e. The van der Waals surface area contributed by atoms with Crippen LogP contribution in [0.2, 0.25) is 0 Å². The van der Waals surface area contributed by atoms with E-state index >= 15 is 0 Å². The predicted molar refractivity (Wildman–Crippen MR) is 119 cm³/mol. The molecule has 8 nitrogen and oxygen atoms in total. The molecule has 0 saturated carbocycles. The maximum absolute atomic E-state index is 14.1. The van der Waals surface area contributed by atoms with E-state index in [1.54, 1.807) is 0 Å². The fourth-order valence-electron chi connectivity index (χ4n) is 5.18. The number of halogens is 4. The Morgan fingerprint density at radius 3 is 2.49 bits per heavy atom. The first-order valence-electron chi connectivity index (χ1n) is 11.6. The van der Waals surface area contributed by atoms with Gasteiger partial charge in [0.2, 0.25) is 15.9 Å². The highest BCUT2D eigenvalue weighted by Gasteiger charge is 2.51. The molecule has 35 heavy (non-hydrogen) atoms. The number of morpholine rings is 1. The molecule has 3 unspecified atom stereocenters. The van der Waals surface area contributed by atoms with E-state index in [4.69, 9.17) is 4.74 Å². The Hall–Kier alpha value is -1.80. The summed E-state index contributed by atoms with van der Waals surface area (Å²) in [6, 6.07) is 2.58.